The van der Waals surface area contributed by atoms with Crippen molar-refractivity contribution < 1.29 is 19.8 Å². The van der Waals surface area contributed by atoms with Crippen molar-refractivity contribution in [2.45, 2.75) is 12.8 Å². The van der Waals surface area contributed by atoms with Crippen LogP contribution in [0.5, 0.6) is 5.75 Å². The number of amides is 2. The van der Waals surface area contributed by atoms with Gasteiger partial charge in [-0.15, -0.1) is 0 Å². The fourth-order valence-corrected chi connectivity index (χ4v) is 1.72. The standard InChI is InChI=1S/C14H21N3O4/c1-17(2)8-4-3-7-15-14(21)16-10-5-6-12(18)11(9-10)13(19)20/h5-6,9,18H,3-4,7-8H2,1-2H3,(H,19,20)(H2,15,16,21). The topological polar surface area (TPSA) is 102 Å². The lowest BCUT2D eigenvalue weighted by Gasteiger charge is -2.10. The Hall–Kier alpha value is -2.28. The normalized spacial score (nSPS) is 10.4. The molecule has 0 aliphatic carbocycles. The Morgan fingerprint density at radius 1 is 1.24 bits per heavy atom. The highest BCUT2D eigenvalue weighted by molar-refractivity contribution is 5.95. The van der Waals surface area contributed by atoms with Gasteiger partial charge in [-0.1, -0.05) is 0 Å². The third-order valence-electron chi connectivity index (χ3n) is 2.80. The second kappa shape index (κ2) is 8.11. The maximum absolute atomic E-state index is 11.6. The molecule has 0 aliphatic heterocycles. The summed E-state index contributed by atoms with van der Waals surface area (Å²) < 4.78 is 0. The Morgan fingerprint density at radius 3 is 2.57 bits per heavy atom. The number of benzene rings is 1. The highest BCUT2D eigenvalue weighted by Gasteiger charge is 2.11. The van der Waals surface area contributed by atoms with Gasteiger partial charge in [0.05, 0.1) is 0 Å². The van der Waals surface area contributed by atoms with E-state index >= 15 is 0 Å². The van der Waals surface area contributed by atoms with Gasteiger partial charge in [-0.25, -0.2) is 9.59 Å². The van der Waals surface area contributed by atoms with Gasteiger partial charge in [-0.3, -0.25) is 0 Å². The van der Waals surface area contributed by atoms with Crippen molar-refractivity contribution in [3.63, 3.8) is 0 Å². The van der Waals surface area contributed by atoms with Gasteiger partial charge in [0, 0.05) is 12.2 Å². The van der Waals surface area contributed by atoms with Crippen LogP contribution in [0.15, 0.2) is 18.2 Å². The number of carboxylic acids is 1. The van der Waals surface area contributed by atoms with Gasteiger partial charge in [-0.2, -0.15) is 0 Å². The predicted octanol–water partition coefficient (Wildman–Crippen LogP) is 1.55. The van der Waals surface area contributed by atoms with Crippen LogP contribution in [-0.2, 0) is 0 Å². The van der Waals surface area contributed by atoms with Crippen LogP contribution in [0.3, 0.4) is 0 Å². The molecule has 1 aromatic carbocycles. The molecule has 0 aromatic heterocycles. The Bertz CT molecular complexity index is 503. The van der Waals surface area contributed by atoms with E-state index in [0.29, 0.717) is 12.2 Å². The summed E-state index contributed by atoms with van der Waals surface area (Å²) in [4.78, 5) is 24.6. The van der Waals surface area contributed by atoms with E-state index in [0.717, 1.165) is 19.4 Å². The van der Waals surface area contributed by atoms with Crippen molar-refractivity contribution in [3.05, 3.63) is 23.8 Å². The number of nitrogens with one attached hydrogen (secondary N) is 2. The van der Waals surface area contributed by atoms with Gasteiger partial charge < -0.3 is 25.7 Å². The SMILES string of the molecule is CN(C)CCCCNC(=O)Nc1ccc(O)c(C(=O)O)c1. The summed E-state index contributed by atoms with van der Waals surface area (Å²) >= 11 is 0. The summed E-state index contributed by atoms with van der Waals surface area (Å²) in [7, 11) is 3.98. The highest BCUT2D eigenvalue weighted by atomic mass is 16.4. The van der Waals surface area contributed by atoms with Crippen LogP contribution in [0.25, 0.3) is 0 Å². The van der Waals surface area contributed by atoms with Crippen LogP contribution in [-0.4, -0.2) is 54.3 Å². The molecule has 0 heterocycles. The number of carbonyl (C=O) groups excluding carboxylic acids is 1. The number of rotatable bonds is 7. The summed E-state index contributed by atoms with van der Waals surface area (Å²) in [5, 5.41) is 23.5. The van der Waals surface area contributed by atoms with E-state index in [2.05, 4.69) is 15.5 Å². The van der Waals surface area contributed by atoms with E-state index in [1.807, 2.05) is 14.1 Å². The first kappa shape index (κ1) is 16.8. The second-order valence-corrected chi connectivity index (χ2v) is 4.93. The Balaban J connectivity index is 2.41. The Kier molecular flexibility index (Phi) is 6.48. The molecule has 1 aromatic rings. The third kappa shape index (κ3) is 6.13. The van der Waals surface area contributed by atoms with E-state index in [4.69, 9.17) is 5.11 Å². The van der Waals surface area contributed by atoms with Gasteiger partial charge in [0.15, 0.2) is 0 Å². The van der Waals surface area contributed by atoms with Gasteiger partial charge in [0.25, 0.3) is 0 Å². The van der Waals surface area contributed by atoms with E-state index in [-0.39, 0.29) is 11.3 Å². The number of unbranched alkanes of at least 4 members (excludes halogenated alkanes) is 1. The second-order valence-electron chi connectivity index (χ2n) is 4.93. The molecule has 1 rings (SSSR count). The van der Waals surface area contributed by atoms with E-state index in [9.17, 15) is 14.7 Å². The number of nitrogens with zero attached hydrogens (tertiary/aromatic N) is 1. The first-order valence-corrected chi connectivity index (χ1v) is 6.66. The van der Waals surface area contributed by atoms with Gasteiger partial charge in [0.2, 0.25) is 0 Å². The minimum atomic E-state index is -1.25. The molecule has 4 N–H and O–H groups in total. The van der Waals surface area contributed by atoms with Gasteiger partial charge >= 0.3 is 12.0 Å². The molecule has 21 heavy (non-hydrogen) atoms. The number of hydrogen-bond donors (Lipinski definition) is 4. The van der Waals surface area contributed by atoms with Crippen LogP contribution >= 0.6 is 0 Å². The van der Waals surface area contributed by atoms with Crippen molar-refractivity contribution in [1.29, 1.82) is 0 Å². The fraction of sp³-hybridized carbons (Fsp3) is 0.429. The summed E-state index contributed by atoms with van der Waals surface area (Å²) in [6.45, 7) is 1.51. The zero-order valence-electron chi connectivity index (χ0n) is 12.2. The molecule has 0 bridgehead atoms. The van der Waals surface area contributed by atoms with Gasteiger partial charge in [-0.05, 0) is 51.7 Å². The van der Waals surface area contributed by atoms with E-state index < -0.39 is 12.0 Å². The number of carboxylic acid groups (broad SMARTS) is 1. The largest absolute Gasteiger partial charge is 0.507 e. The Morgan fingerprint density at radius 2 is 1.95 bits per heavy atom. The molecule has 0 fully saturated rings. The monoisotopic (exact) mass is 295 g/mol. The first-order valence-electron chi connectivity index (χ1n) is 6.66. The lowest BCUT2D eigenvalue weighted by molar-refractivity contribution is 0.0693. The number of aromatic carboxylic acids is 1. The first-order chi connectivity index (χ1) is 9.90. The molecule has 116 valence electrons. The number of aromatic hydroxyl groups is 1. The number of phenols is 1. The Labute approximate surface area is 123 Å². The van der Waals surface area contributed by atoms with Crippen LogP contribution in [0, 0.1) is 0 Å². The van der Waals surface area contributed by atoms with Gasteiger partial charge in [0.1, 0.15) is 11.3 Å². The van der Waals surface area contributed by atoms with Crippen molar-refractivity contribution in [1.82, 2.24) is 10.2 Å². The maximum atomic E-state index is 11.6. The number of carbonyl (C=O) groups is 2. The smallest absolute Gasteiger partial charge is 0.339 e. The summed E-state index contributed by atoms with van der Waals surface area (Å²) in [6.07, 6.45) is 1.84. The number of urea groups is 1. The summed E-state index contributed by atoms with van der Waals surface area (Å²) in [5.74, 6) is -1.59. The van der Waals surface area contributed by atoms with Crippen molar-refractivity contribution in [2.24, 2.45) is 0 Å². The fourth-order valence-electron chi connectivity index (χ4n) is 1.72. The number of anilines is 1. The summed E-state index contributed by atoms with van der Waals surface area (Å²) in [5.41, 5.74) is 0.0646. The highest BCUT2D eigenvalue weighted by Crippen LogP contribution is 2.21. The van der Waals surface area contributed by atoms with Crippen LogP contribution in [0.4, 0.5) is 10.5 Å². The lowest BCUT2D eigenvalue weighted by Crippen LogP contribution is -2.30. The molecule has 7 heteroatoms. The molecular formula is C14H21N3O4. The van der Waals surface area contributed by atoms with E-state index in [1.165, 1.54) is 18.2 Å². The molecule has 0 saturated carbocycles. The minimum Gasteiger partial charge on any atom is -0.507 e. The van der Waals surface area contributed by atoms with Crippen molar-refractivity contribution >= 4 is 17.7 Å². The quantitative estimate of drug-likeness (QED) is 0.451. The molecule has 7 nitrogen and oxygen atoms in total. The van der Waals surface area contributed by atoms with Crippen LogP contribution in [0.1, 0.15) is 23.2 Å². The van der Waals surface area contributed by atoms with E-state index in [1.54, 1.807) is 0 Å². The lowest BCUT2D eigenvalue weighted by atomic mass is 10.2. The third-order valence-corrected chi connectivity index (χ3v) is 2.80. The zero-order valence-corrected chi connectivity index (χ0v) is 12.2. The molecular weight excluding hydrogens is 274 g/mol. The predicted molar refractivity (Wildman–Crippen MR) is 79.9 cm³/mol. The number of hydrogen-bond acceptors (Lipinski definition) is 4. The molecule has 0 saturated heterocycles. The van der Waals surface area contributed by atoms with Crippen LogP contribution < -0.4 is 10.6 Å². The minimum absolute atomic E-state index is 0.251. The molecule has 0 spiro atoms. The maximum Gasteiger partial charge on any atom is 0.339 e. The van der Waals surface area contributed by atoms with Crippen LogP contribution in [0.2, 0.25) is 0 Å². The molecule has 0 atom stereocenters. The molecule has 0 unspecified atom stereocenters. The molecule has 0 radical (unpaired) electrons. The zero-order chi connectivity index (χ0) is 15.8. The van der Waals surface area contributed by atoms with Crippen molar-refractivity contribution in [3.8, 4) is 5.75 Å². The molecule has 2 amide bonds. The van der Waals surface area contributed by atoms with Crippen molar-refractivity contribution in [2.75, 3.05) is 32.5 Å². The average Bonchev–Trinajstić information content (AvgIpc) is 2.40. The molecule has 0 aliphatic rings. The average molecular weight is 295 g/mol. The summed E-state index contributed by atoms with van der Waals surface area (Å²) in [6, 6.07) is 3.48.